The lowest BCUT2D eigenvalue weighted by Crippen LogP contribution is -2.43. The molecule has 0 saturated carbocycles. The van der Waals surface area contributed by atoms with Crippen molar-refractivity contribution < 1.29 is 9.59 Å². The molecule has 5 nitrogen and oxygen atoms in total. The van der Waals surface area contributed by atoms with Crippen LogP contribution in [-0.4, -0.2) is 42.9 Å². The van der Waals surface area contributed by atoms with Crippen LogP contribution in [0.5, 0.6) is 0 Å². The van der Waals surface area contributed by atoms with Gasteiger partial charge in [0, 0.05) is 16.8 Å². The largest absolute Gasteiger partial charge is 0.352 e. The van der Waals surface area contributed by atoms with E-state index < -0.39 is 0 Å². The summed E-state index contributed by atoms with van der Waals surface area (Å²) in [4.78, 5) is 25.4. The van der Waals surface area contributed by atoms with Crippen LogP contribution >= 0.6 is 11.6 Å². The molecule has 0 aliphatic rings. The monoisotopic (exact) mass is 325 g/mol. The van der Waals surface area contributed by atoms with E-state index in [-0.39, 0.29) is 30.9 Å². The summed E-state index contributed by atoms with van der Waals surface area (Å²) >= 11 is 5.79. The topological polar surface area (TPSA) is 61.4 Å². The second-order valence-corrected chi connectivity index (χ2v) is 6.26. The van der Waals surface area contributed by atoms with E-state index in [4.69, 9.17) is 11.6 Å². The summed E-state index contributed by atoms with van der Waals surface area (Å²) in [5.74, 6) is 0.125. The lowest BCUT2D eigenvalue weighted by atomic mass is 10.1. The Labute approximate surface area is 137 Å². The number of anilines is 1. The SMILES string of the molecule is CC(C)[C@@H](C)NC(=O)CN(C)CC(=O)Nc1ccc(Cl)cc1. The van der Waals surface area contributed by atoms with Crippen LogP contribution in [0.1, 0.15) is 20.8 Å². The first-order valence-electron chi connectivity index (χ1n) is 7.31. The molecule has 1 atom stereocenters. The Kier molecular flexibility index (Phi) is 7.35. The third-order valence-corrected chi connectivity index (χ3v) is 3.60. The van der Waals surface area contributed by atoms with Gasteiger partial charge in [-0.05, 0) is 44.2 Å². The summed E-state index contributed by atoms with van der Waals surface area (Å²) in [5.41, 5.74) is 0.681. The molecule has 0 aliphatic heterocycles. The zero-order chi connectivity index (χ0) is 16.7. The van der Waals surface area contributed by atoms with Crippen molar-refractivity contribution in [3.63, 3.8) is 0 Å². The summed E-state index contributed by atoms with van der Waals surface area (Å²) in [6.07, 6.45) is 0. The number of benzene rings is 1. The first kappa shape index (κ1) is 18.5. The van der Waals surface area contributed by atoms with Crippen molar-refractivity contribution in [1.29, 1.82) is 0 Å². The van der Waals surface area contributed by atoms with E-state index in [1.165, 1.54) is 0 Å². The summed E-state index contributed by atoms with van der Waals surface area (Å²) in [5, 5.41) is 6.29. The van der Waals surface area contributed by atoms with Crippen molar-refractivity contribution in [2.45, 2.75) is 26.8 Å². The van der Waals surface area contributed by atoms with Gasteiger partial charge in [-0.25, -0.2) is 0 Å². The predicted octanol–water partition coefficient (Wildman–Crippen LogP) is 2.37. The van der Waals surface area contributed by atoms with Crippen molar-refractivity contribution in [2.75, 3.05) is 25.5 Å². The van der Waals surface area contributed by atoms with Crippen LogP contribution in [0.15, 0.2) is 24.3 Å². The summed E-state index contributed by atoms with van der Waals surface area (Å²) in [6, 6.07) is 7.00. The maximum Gasteiger partial charge on any atom is 0.238 e. The van der Waals surface area contributed by atoms with Crippen LogP contribution in [0, 0.1) is 5.92 Å². The van der Waals surface area contributed by atoms with E-state index in [1.54, 1.807) is 36.2 Å². The highest BCUT2D eigenvalue weighted by Gasteiger charge is 2.14. The number of hydrogen-bond donors (Lipinski definition) is 2. The highest BCUT2D eigenvalue weighted by molar-refractivity contribution is 6.30. The number of nitrogens with zero attached hydrogens (tertiary/aromatic N) is 1. The molecule has 0 unspecified atom stereocenters. The van der Waals surface area contributed by atoms with E-state index in [2.05, 4.69) is 10.6 Å². The molecule has 0 radical (unpaired) electrons. The van der Waals surface area contributed by atoms with Gasteiger partial charge in [0.05, 0.1) is 13.1 Å². The van der Waals surface area contributed by atoms with Gasteiger partial charge in [0.2, 0.25) is 11.8 Å². The molecule has 2 amide bonds. The molecule has 1 aromatic carbocycles. The standard InChI is InChI=1S/C16H24ClN3O2/c1-11(2)12(3)18-15(21)9-20(4)10-16(22)19-14-7-5-13(17)6-8-14/h5-8,11-12H,9-10H2,1-4H3,(H,18,21)(H,19,22)/t12-/m1/s1. The third-order valence-electron chi connectivity index (χ3n) is 3.34. The quantitative estimate of drug-likeness (QED) is 0.809. The van der Waals surface area contributed by atoms with Gasteiger partial charge >= 0.3 is 0 Å². The third kappa shape index (κ3) is 6.91. The molecule has 6 heteroatoms. The van der Waals surface area contributed by atoms with Gasteiger partial charge in [-0.2, -0.15) is 0 Å². The fourth-order valence-corrected chi connectivity index (χ4v) is 1.87. The minimum absolute atomic E-state index is 0.0806. The van der Waals surface area contributed by atoms with Crippen LogP contribution < -0.4 is 10.6 Å². The minimum atomic E-state index is -0.172. The Hall–Kier alpha value is -1.59. The van der Waals surface area contributed by atoms with Crippen molar-refractivity contribution in [3.8, 4) is 0 Å². The number of hydrogen-bond acceptors (Lipinski definition) is 3. The van der Waals surface area contributed by atoms with Gasteiger partial charge < -0.3 is 10.6 Å². The van der Waals surface area contributed by atoms with E-state index in [0.717, 1.165) is 0 Å². The maximum atomic E-state index is 11.9. The molecule has 1 aromatic rings. The normalized spacial score (nSPS) is 12.3. The molecule has 0 heterocycles. The highest BCUT2D eigenvalue weighted by Crippen LogP contribution is 2.13. The number of carbonyl (C=O) groups is 2. The first-order valence-corrected chi connectivity index (χ1v) is 7.69. The van der Waals surface area contributed by atoms with E-state index in [0.29, 0.717) is 16.6 Å². The molecular weight excluding hydrogens is 302 g/mol. The number of likely N-dealkylation sites (N-methyl/N-ethyl adjacent to an activating group) is 1. The van der Waals surface area contributed by atoms with Crippen molar-refractivity contribution in [2.24, 2.45) is 5.92 Å². The van der Waals surface area contributed by atoms with Crippen molar-refractivity contribution >= 4 is 29.1 Å². The van der Waals surface area contributed by atoms with Gasteiger partial charge in [-0.15, -0.1) is 0 Å². The summed E-state index contributed by atoms with van der Waals surface area (Å²) in [7, 11) is 1.74. The molecular formula is C16H24ClN3O2. The number of halogens is 1. The fraction of sp³-hybridized carbons (Fsp3) is 0.500. The summed E-state index contributed by atoms with van der Waals surface area (Å²) in [6.45, 7) is 6.40. The predicted molar refractivity (Wildman–Crippen MR) is 90.0 cm³/mol. The molecule has 0 aliphatic carbocycles. The van der Waals surface area contributed by atoms with Crippen LogP contribution in [0.3, 0.4) is 0 Å². The van der Waals surface area contributed by atoms with Gasteiger partial charge in [-0.1, -0.05) is 25.4 Å². The molecule has 0 aromatic heterocycles. The zero-order valence-corrected chi connectivity index (χ0v) is 14.3. The molecule has 0 spiro atoms. The van der Waals surface area contributed by atoms with Crippen LogP contribution in [0.4, 0.5) is 5.69 Å². The molecule has 0 saturated heterocycles. The molecule has 122 valence electrons. The number of rotatable bonds is 7. The average molecular weight is 326 g/mol. The minimum Gasteiger partial charge on any atom is -0.352 e. The molecule has 2 N–H and O–H groups in total. The van der Waals surface area contributed by atoms with Gasteiger partial charge in [0.1, 0.15) is 0 Å². The number of amides is 2. The van der Waals surface area contributed by atoms with E-state index in [1.807, 2.05) is 20.8 Å². The van der Waals surface area contributed by atoms with E-state index >= 15 is 0 Å². The van der Waals surface area contributed by atoms with Crippen LogP contribution in [0.25, 0.3) is 0 Å². The Balaban J connectivity index is 2.37. The van der Waals surface area contributed by atoms with Crippen LogP contribution in [-0.2, 0) is 9.59 Å². The molecule has 0 fully saturated rings. The fourth-order valence-electron chi connectivity index (χ4n) is 1.75. The number of nitrogens with one attached hydrogen (secondary N) is 2. The van der Waals surface area contributed by atoms with Crippen LogP contribution in [0.2, 0.25) is 5.02 Å². The van der Waals surface area contributed by atoms with E-state index in [9.17, 15) is 9.59 Å². The maximum absolute atomic E-state index is 11.9. The second-order valence-electron chi connectivity index (χ2n) is 5.83. The zero-order valence-electron chi connectivity index (χ0n) is 13.5. The number of carbonyl (C=O) groups excluding carboxylic acids is 2. The van der Waals surface area contributed by atoms with Gasteiger partial charge in [0.15, 0.2) is 0 Å². The lowest BCUT2D eigenvalue weighted by molar-refractivity contribution is -0.123. The molecule has 1 rings (SSSR count). The van der Waals surface area contributed by atoms with Gasteiger partial charge in [-0.3, -0.25) is 14.5 Å². The van der Waals surface area contributed by atoms with Crippen molar-refractivity contribution in [3.05, 3.63) is 29.3 Å². The van der Waals surface area contributed by atoms with Gasteiger partial charge in [0.25, 0.3) is 0 Å². The van der Waals surface area contributed by atoms with Crippen molar-refractivity contribution in [1.82, 2.24) is 10.2 Å². The Morgan fingerprint density at radius 3 is 2.18 bits per heavy atom. The highest BCUT2D eigenvalue weighted by atomic mass is 35.5. The Morgan fingerprint density at radius 2 is 1.64 bits per heavy atom. The smallest absolute Gasteiger partial charge is 0.238 e. The first-order chi connectivity index (χ1) is 10.3. The molecule has 22 heavy (non-hydrogen) atoms. The lowest BCUT2D eigenvalue weighted by Gasteiger charge is -2.20. The molecule has 0 bridgehead atoms. The Morgan fingerprint density at radius 1 is 1.09 bits per heavy atom. The average Bonchev–Trinajstić information content (AvgIpc) is 2.40. The summed E-state index contributed by atoms with van der Waals surface area (Å²) < 4.78 is 0. The second kappa shape index (κ2) is 8.76. The Bertz CT molecular complexity index is 503.